The van der Waals surface area contributed by atoms with Crippen molar-refractivity contribution >= 4 is 39.2 Å². The molecule has 4 nitrogen and oxygen atoms in total. The number of benzene rings is 2. The first-order chi connectivity index (χ1) is 11.6. The second-order valence-electron chi connectivity index (χ2n) is 5.41. The monoisotopic (exact) mass is 387 g/mol. The molecule has 0 radical (unpaired) electrons. The third-order valence-corrected chi connectivity index (χ3v) is 4.54. The molecule has 0 atom stereocenters. The molecule has 2 aromatic rings. The molecular formula is C19H18BrNO3. The SMILES string of the molecule is CCOc1cc(/C=C2\C(=O)N(CC)c3ccccc32)cc(Br)c1O. The van der Waals surface area contributed by atoms with Crippen LogP contribution in [0.5, 0.6) is 11.5 Å². The molecule has 1 aliphatic rings. The van der Waals surface area contributed by atoms with Crippen molar-refractivity contribution in [2.45, 2.75) is 13.8 Å². The van der Waals surface area contributed by atoms with Gasteiger partial charge in [-0.25, -0.2) is 0 Å². The first-order valence-corrected chi connectivity index (χ1v) is 8.64. The average molecular weight is 388 g/mol. The van der Waals surface area contributed by atoms with E-state index >= 15 is 0 Å². The van der Waals surface area contributed by atoms with Crippen LogP contribution < -0.4 is 9.64 Å². The smallest absolute Gasteiger partial charge is 0.258 e. The summed E-state index contributed by atoms with van der Waals surface area (Å²) in [4.78, 5) is 14.5. The summed E-state index contributed by atoms with van der Waals surface area (Å²) in [5.74, 6) is 0.443. The number of hydrogen-bond acceptors (Lipinski definition) is 3. The Balaban J connectivity index is 2.11. The number of phenols is 1. The Morgan fingerprint density at radius 1 is 1.25 bits per heavy atom. The summed E-state index contributed by atoms with van der Waals surface area (Å²) in [6, 6.07) is 11.3. The molecule has 124 valence electrons. The summed E-state index contributed by atoms with van der Waals surface area (Å²) in [6.45, 7) is 4.89. The van der Waals surface area contributed by atoms with Gasteiger partial charge in [0.15, 0.2) is 11.5 Å². The Hall–Kier alpha value is -2.27. The number of hydrogen-bond donors (Lipinski definition) is 1. The molecule has 0 aromatic heterocycles. The van der Waals surface area contributed by atoms with Gasteiger partial charge in [0.25, 0.3) is 5.91 Å². The zero-order chi connectivity index (χ0) is 17.3. The van der Waals surface area contributed by atoms with Crippen LogP contribution in [0, 0.1) is 0 Å². The third-order valence-electron chi connectivity index (χ3n) is 3.94. The van der Waals surface area contributed by atoms with E-state index in [0.717, 1.165) is 16.8 Å². The van der Waals surface area contributed by atoms with Crippen LogP contribution >= 0.6 is 15.9 Å². The Kier molecular flexibility index (Phi) is 4.62. The Morgan fingerprint density at radius 2 is 2.00 bits per heavy atom. The standard InChI is InChI=1S/C19H18BrNO3/c1-3-21-16-8-6-5-7-13(16)14(19(21)23)9-12-10-15(20)18(22)17(11-12)24-4-2/h5-11,22H,3-4H2,1-2H3/b14-9-. The van der Waals surface area contributed by atoms with E-state index < -0.39 is 0 Å². The van der Waals surface area contributed by atoms with E-state index in [4.69, 9.17) is 4.74 Å². The Bertz CT molecular complexity index is 829. The molecule has 3 rings (SSSR count). The predicted molar refractivity (Wildman–Crippen MR) is 99.3 cm³/mol. The lowest BCUT2D eigenvalue weighted by molar-refractivity contribution is -0.112. The van der Waals surface area contributed by atoms with Crippen molar-refractivity contribution in [3.05, 3.63) is 52.0 Å². The molecule has 5 heteroatoms. The molecule has 0 saturated carbocycles. The van der Waals surface area contributed by atoms with Gasteiger partial charge in [-0.3, -0.25) is 4.79 Å². The van der Waals surface area contributed by atoms with E-state index in [1.165, 1.54) is 0 Å². The topological polar surface area (TPSA) is 49.8 Å². The van der Waals surface area contributed by atoms with Crippen molar-refractivity contribution in [1.29, 1.82) is 0 Å². The van der Waals surface area contributed by atoms with Gasteiger partial charge in [-0.05, 0) is 59.6 Å². The first-order valence-electron chi connectivity index (χ1n) is 7.85. The number of aromatic hydroxyl groups is 1. The number of carbonyl (C=O) groups is 1. The highest BCUT2D eigenvalue weighted by Crippen LogP contribution is 2.40. The van der Waals surface area contributed by atoms with Gasteiger partial charge in [0, 0.05) is 17.7 Å². The largest absolute Gasteiger partial charge is 0.503 e. The maximum absolute atomic E-state index is 12.7. The normalized spacial score (nSPS) is 15.0. The molecule has 0 unspecified atom stereocenters. The molecule has 24 heavy (non-hydrogen) atoms. The zero-order valence-electron chi connectivity index (χ0n) is 13.5. The van der Waals surface area contributed by atoms with E-state index in [-0.39, 0.29) is 11.7 Å². The van der Waals surface area contributed by atoms with E-state index in [1.807, 2.05) is 44.2 Å². The number of para-hydroxylation sites is 1. The van der Waals surface area contributed by atoms with Gasteiger partial charge in [0.05, 0.1) is 16.8 Å². The first kappa shape index (κ1) is 16.6. The summed E-state index contributed by atoms with van der Waals surface area (Å²) in [5.41, 5.74) is 3.29. The number of amides is 1. The highest BCUT2D eigenvalue weighted by molar-refractivity contribution is 9.10. The lowest BCUT2D eigenvalue weighted by atomic mass is 10.0. The zero-order valence-corrected chi connectivity index (χ0v) is 15.1. The average Bonchev–Trinajstić information content (AvgIpc) is 2.84. The number of rotatable bonds is 4. The van der Waals surface area contributed by atoms with Crippen LogP contribution in [0.3, 0.4) is 0 Å². The molecule has 1 N–H and O–H groups in total. The second-order valence-corrected chi connectivity index (χ2v) is 6.26. The quantitative estimate of drug-likeness (QED) is 0.787. The molecule has 0 aliphatic carbocycles. The fourth-order valence-electron chi connectivity index (χ4n) is 2.87. The number of anilines is 1. The van der Waals surface area contributed by atoms with Gasteiger partial charge in [-0.2, -0.15) is 0 Å². The molecule has 0 bridgehead atoms. The minimum absolute atomic E-state index is 0.0131. The fourth-order valence-corrected chi connectivity index (χ4v) is 3.33. The van der Waals surface area contributed by atoms with Crippen molar-refractivity contribution in [3.8, 4) is 11.5 Å². The molecule has 0 fully saturated rings. The van der Waals surface area contributed by atoms with Crippen LogP contribution in [0.4, 0.5) is 5.69 Å². The van der Waals surface area contributed by atoms with Crippen molar-refractivity contribution < 1.29 is 14.6 Å². The Labute approximate surface area is 149 Å². The molecule has 2 aromatic carbocycles. The number of nitrogens with zero attached hydrogens (tertiary/aromatic N) is 1. The molecule has 0 spiro atoms. The molecule has 1 heterocycles. The van der Waals surface area contributed by atoms with Gasteiger partial charge in [0.1, 0.15) is 0 Å². The fraction of sp³-hybridized carbons (Fsp3) is 0.211. The molecule has 1 aliphatic heterocycles. The lowest BCUT2D eigenvalue weighted by Crippen LogP contribution is -2.25. The van der Waals surface area contributed by atoms with Crippen LogP contribution in [0.1, 0.15) is 25.0 Å². The van der Waals surface area contributed by atoms with Crippen LogP contribution in [0.2, 0.25) is 0 Å². The van der Waals surface area contributed by atoms with Gasteiger partial charge in [0.2, 0.25) is 0 Å². The number of halogens is 1. The van der Waals surface area contributed by atoms with Gasteiger partial charge in [-0.15, -0.1) is 0 Å². The van der Waals surface area contributed by atoms with E-state index in [9.17, 15) is 9.90 Å². The van der Waals surface area contributed by atoms with Crippen LogP contribution in [-0.4, -0.2) is 24.2 Å². The van der Waals surface area contributed by atoms with E-state index in [1.54, 1.807) is 17.0 Å². The number of phenolic OH excluding ortho intramolecular Hbond substituents is 1. The van der Waals surface area contributed by atoms with Crippen LogP contribution in [0.15, 0.2) is 40.9 Å². The summed E-state index contributed by atoms with van der Waals surface area (Å²) >= 11 is 3.33. The highest BCUT2D eigenvalue weighted by atomic mass is 79.9. The minimum Gasteiger partial charge on any atom is -0.503 e. The van der Waals surface area contributed by atoms with Crippen LogP contribution in [-0.2, 0) is 4.79 Å². The van der Waals surface area contributed by atoms with Gasteiger partial charge < -0.3 is 14.7 Å². The van der Waals surface area contributed by atoms with Crippen molar-refractivity contribution in [3.63, 3.8) is 0 Å². The summed E-state index contributed by atoms with van der Waals surface area (Å²) < 4.78 is 5.99. The minimum atomic E-state index is -0.0131. The molecular weight excluding hydrogens is 370 g/mol. The number of fused-ring (bicyclic) bond motifs is 1. The van der Waals surface area contributed by atoms with E-state index in [2.05, 4.69) is 15.9 Å². The van der Waals surface area contributed by atoms with Crippen molar-refractivity contribution in [2.75, 3.05) is 18.1 Å². The van der Waals surface area contributed by atoms with E-state index in [0.29, 0.717) is 28.9 Å². The number of ether oxygens (including phenoxy) is 1. The highest BCUT2D eigenvalue weighted by Gasteiger charge is 2.30. The summed E-state index contributed by atoms with van der Waals surface area (Å²) in [7, 11) is 0. The lowest BCUT2D eigenvalue weighted by Gasteiger charge is -2.13. The second kappa shape index (κ2) is 6.69. The van der Waals surface area contributed by atoms with Crippen molar-refractivity contribution in [2.24, 2.45) is 0 Å². The predicted octanol–water partition coefficient (Wildman–Crippen LogP) is 4.46. The summed E-state index contributed by atoms with van der Waals surface area (Å²) in [6.07, 6.45) is 1.84. The Morgan fingerprint density at radius 3 is 2.71 bits per heavy atom. The van der Waals surface area contributed by atoms with Gasteiger partial charge >= 0.3 is 0 Å². The molecule has 0 saturated heterocycles. The van der Waals surface area contributed by atoms with Crippen LogP contribution in [0.25, 0.3) is 11.6 Å². The maximum Gasteiger partial charge on any atom is 0.258 e. The summed E-state index contributed by atoms with van der Waals surface area (Å²) in [5, 5.41) is 10.0. The number of carbonyl (C=O) groups excluding carboxylic acids is 1. The maximum atomic E-state index is 12.7. The van der Waals surface area contributed by atoms with Crippen molar-refractivity contribution in [1.82, 2.24) is 0 Å². The molecule has 1 amide bonds. The van der Waals surface area contributed by atoms with Gasteiger partial charge in [-0.1, -0.05) is 18.2 Å². The third kappa shape index (κ3) is 2.80. The number of likely N-dealkylation sites (N-methyl/N-ethyl adjacent to an activating group) is 1.